The van der Waals surface area contributed by atoms with Gasteiger partial charge in [0.05, 0.1) is 6.54 Å². The molecule has 0 aliphatic rings. The average molecular weight is 222 g/mol. The summed E-state index contributed by atoms with van der Waals surface area (Å²) in [4.78, 5) is 16.7. The summed E-state index contributed by atoms with van der Waals surface area (Å²) < 4.78 is 0. The second-order valence-electron chi connectivity index (χ2n) is 3.82. The lowest BCUT2D eigenvalue weighted by Crippen LogP contribution is -2.30. The van der Waals surface area contributed by atoms with Crippen molar-refractivity contribution in [1.29, 1.82) is 0 Å². The first-order valence-corrected chi connectivity index (χ1v) is 5.55. The van der Waals surface area contributed by atoms with Crippen LogP contribution in [0.1, 0.15) is 25.3 Å². The zero-order valence-corrected chi connectivity index (χ0v) is 9.59. The van der Waals surface area contributed by atoms with Crippen LogP contribution in [-0.4, -0.2) is 34.0 Å². The molecule has 0 radical (unpaired) electrons. The molecule has 1 N–H and O–H groups in total. The van der Waals surface area contributed by atoms with Crippen molar-refractivity contribution >= 4 is 5.97 Å². The molecule has 0 saturated carbocycles. The SMILES string of the molecule is CCCCN(CC(=O)O)Cc1cccnc1. The molecule has 88 valence electrons. The normalized spacial score (nSPS) is 10.6. The number of hydrogen-bond acceptors (Lipinski definition) is 3. The fraction of sp³-hybridized carbons (Fsp3) is 0.500. The lowest BCUT2D eigenvalue weighted by Gasteiger charge is -2.19. The molecule has 0 amide bonds. The highest BCUT2D eigenvalue weighted by atomic mass is 16.4. The zero-order valence-electron chi connectivity index (χ0n) is 9.59. The number of aromatic nitrogens is 1. The Hall–Kier alpha value is -1.42. The van der Waals surface area contributed by atoms with Crippen LogP contribution < -0.4 is 0 Å². The molecule has 1 aromatic rings. The second-order valence-corrected chi connectivity index (χ2v) is 3.82. The summed E-state index contributed by atoms with van der Waals surface area (Å²) in [5.74, 6) is -0.778. The van der Waals surface area contributed by atoms with Crippen molar-refractivity contribution in [2.45, 2.75) is 26.3 Å². The van der Waals surface area contributed by atoms with Crippen molar-refractivity contribution in [1.82, 2.24) is 9.88 Å². The maximum absolute atomic E-state index is 10.7. The van der Waals surface area contributed by atoms with E-state index in [0.717, 1.165) is 24.9 Å². The molecule has 1 aromatic heterocycles. The molecule has 0 aromatic carbocycles. The van der Waals surface area contributed by atoms with Crippen molar-refractivity contribution in [2.75, 3.05) is 13.1 Å². The number of aliphatic carboxylic acids is 1. The van der Waals surface area contributed by atoms with Gasteiger partial charge in [-0.1, -0.05) is 19.4 Å². The van der Waals surface area contributed by atoms with Gasteiger partial charge < -0.3 is 5.11 Å². The summed E-state index contributed by atoms with van der Waals surface area (Å²) in [6.07, 6.45) is 5.59. The Morgan fingerprint density at radius 3 is 2.94 bits per heavy atom. The van der Waals surface area contributed by atoms with Crippen molar-refractivity contribution in [3.63, 3.8) is 0 Å². The highest BCUT2D eigenvalue weighted by molar-refractivity contribution is 5.69. The minimum absolute atomic E-state index is 0.0922. The van der Waals surface area contributed by atoms with E-state index in [1.54, 1.807) is 12.4 Å². The van der Waals surface area contributed by atoms with Gasteiger partial charge in [0.2, 0.25) is 0 Å². The van der Waals surface area contributed by atoms with Crippen LogP contribution in [-0.2, 0) is 11.3 Å². The van der Waals surface area contributed by atoms with E-state index in [9.17, 15) is 4.79 Å². The first-order valence-electron chi connectivity index (χ1n) is 5.55. The molecule has 16 heavy (non-hydrogen) atoms. The Balaban J connectivity index is 2.52. The van der Waals surface area contributed by atoms with Crippen molar-refractivity contribution in [2.24, 2.45) is 0 Å². The van der Waals surface area contributed by atoms with Gasteiger partial charge in [0.15, 0.2) is 0 Å². The van der Waals surface area contributed by atoms with Crippen LogP contribution in [0.2, 0.25) is 0 Å². The molecule has 0 saturated heterocycles. The lowest BCUT2D eigenvalue weighted by atomic mass is 10.2. The quantitative estimate of drug-likeness (QED) is 0.764. The number of rotatable bonds is 7. The Bertz CT molecular complexity index is 314. The molecule has 0 aliphatic carbocycles. The molecular weight excluding hydrogens is 204 g/mol. The average Bonchev–Trinajstić information content (AvgIpc) is 2.26. The van der Waals surface area contributed by atoms with Gasteiger partial charge >= 0.3 is 5.97 Å². The summed E-state index contributed by atoms with van der Waals surface area (Å²) in [6.45, 7) is 3.66. The van der Waals surface area contributed by atoms with Crippen LogP contribution in [0.15, 0.2) is 24.5 Å². The molecule has 0 aliphatic heterocycles. The van der Waals surface area contributed by atoms with E-state index in [4.69, 9.17) is 5.11 Å². The number of carbonyl (C=O) groups is 1. The molecule has 0 unspecified atom stereocenters. The number of unbranched alkanes of at least 4 members (excludes halogenated alkanes) is 1. The van der Waals surface area contributed by atoms with E-state index in [2.05, 4.69) is 11.9 Å². The Morgan fingerprint density at radius 1 is 1.56 bits per heavy atom. The molecular formula is C12H18N2O2. The van der Waals surface area contributed by atoms with Gasteiger partial charge in [-0.2, -0.15) is 0 Å². The maximum Gasteiger partial charge on any atom is 0.317 e. The summed E-state index contributed by atoms with van der Waals surface area (Å²) in [7, 11) is 0. The van der Waals surface area contributed by atoms with Gasteiger partial charge in [-0.15, -0.1) is 0 Å². The molecule has 4 heteroatoms. The molecule has 0 atom stereocenters. The largest absolute Gasteiger partial charge is 0.480 e. The van der Waals surface area contributed by atoms with Crippen LogP contribution in [0.4, 0.5) is 0 Å². The second kappa shape index (κ2) is 6.95. The molecule has 4 nitrogen and oxygen atoms in total. The van der Waals surface area contributed by atoms with Gasteiger partial charge in [0.25, 0.3) is 0 Å². The summed E-state index contributed by atoms with van der Waals surface area (Å²) in [6, 6.07) is 3.84. The van der Waals surface area contributed by atoms with Crippen LogP contribution in [0, 0.1) is 0 Å². The number of carboxylic acid groups (broad SMARTS) is 1. The van der Waals surface area contributed by atoms with E-state index in [1.807, 2.05) is 17.0 Å². The topological polar surface area (TPSA) is 53.4 Å². The van der Waals surface area contributed by atoms with E-state index in [-0.39, 0.29) is 6.54 Å². The first-order chi connectivity index (χ1) is 7.72. The Labute approximate surface area is 95.9 Å². The van der Waals surface area contributed by atoms with Crippen LogP contribution in [0.5, 0.6) is 0 Å². The number of pyridine rings is 1. The predicted molar refractivity (Wildman–Crippen MR) is 62.1 cm³/mol. The monoisotopic (exact) mass is 222 g/mol. The molecule has 1 rings (SSSR count). The first kappa shape index (κ1) is 12.6. The number of carboxylic acids is 1. The Morgan fingerprint density at radius 2 is 2.38 bits per heavy atom. The zero-order chi connectivity index (χ0) is 11.8. The smallest absolute Gasteiger partial charge is 0.317 e. The maximum atomic E-state index is 10.7. The lowest BCUT2D eigenvalue weighted by molar-refractivity contribution is -0.138. The molecule has 1 heterocycles. The molecule has 0 fully saturated rings. The van der Waals surface area contributed by atoms with Crippen molar-refractivity contribution in [3.05, 3.63) is 30.1 Å². The third-order valence-corrected chi connectivity index (χ3v) is 2.32. The van der Waals surface area contributed by atoms with Gasteiger partial charge in [-0.3, -0.25) is 14.7 Å². The minimum atomic E-state index is -0.778. The van der Waals surface area contributed by atoms with Crippen LogP contribution in [0.3, 0.4) is 0 Å². The minimum Gasteiger partial charge on any atom is -0.480 e. The van der Waals surface area contributed by atoms with Gasteiger partial charge in [0, 0.05) is 18.9 Å². The Kier molecular flexibility index (Phi) is 5.50. The van der Waals surface area contributed by atoms with Gasteiger partial charge in [-0.25, -0.2) is 0 Å². The van der Waals surface area contributed by atoms with Crippen LogP contribution in [0.25, 0.3) is 0 Å². The fourth-order valence-corrected chi connectivity index (χ4v) is 1.54. The number of hydrogen-bond donors (Lipinski definition) is 1. The standard InChI is InChI=1S/C12H18N2O2/c1-2-3-7-14(10-12(15)16)9-11-5-4-6-13-8-11/h4-6,8H,2-3,7,9-10H2,1H3,(H,15,16). The van der Waals surface area contributed by atoms with E-state index in [0.29, 0.717) is 6.54 Å². The predicted octanol–water partition coefficient (Wildman–Crippen LogP) is 1.77. The number of nitrogens with zero attached hydrogens (tertiary/aromatic N) is 2. The summed E-state index contributed by atoms with van der Waals surface area (Å²) >= 11 is 0. The van der Waals surface area contributed by atoms with Crippen LogP contribution >= 0.6 is 0 Å². The summed E-state index contributed by atoms with van der Waals surface area (Å²) in [5.41, 5.74) is 1.06. The fourth-order valence-electron chi connectivity index (χ4n) is 1.54. The highest BCUT2D eigenvalue weighted by Crippen LogP contribution is 2.04. The van der Waals surface area contributed by atoms with Gasteiger partial charge in [-0.05, 0) is 24.6 Å². The van der Waals surface area contributed by atoms with Crippen molar-refractivity contribution in [3.8, 4) is 0 Å². The van der Waals surface area contributed by atoms with E-state index in [1.165, 1.54) is 0 Å². The van der Waals surface area contributed by atoms with Gasteiger partial charge in [0.1, 0.15) is 0 Å². The van der Waals surface area contributed by atoms with E-state index < -0.39 is 5.97 Å². The summed E-state index contributed by atoms with van der Waals surface area (Å²) in [5, 5.41) is 8.80. The highest BCUT2D eigenvalue weighted by Gasteiger charge is 2.09. The van der Waals surface area contributed by atoms with E-state index >= 15 is 0 Å². The third kappa shape index (κ3) is 4.89. The van der Waals surface area contributed by atoms with Crippen molar-refractivity contribution < 1.29 is 9.90 Å². The molecule has 0 bridgehead atoms. The third-order valence-electron chi connectivity index (χ3n) is 2.32. The molecule has 0 spiro atoms.